The van der Waals surface area contributed by atoms with E-state index < -0.39 is 5.60 Å². The number of hydrogen-bond donors (Lipinski definition) is 1. The van der Waals surface area contributed by atoms with Crippen LogP contribution in [0.15, 0.2) is 11.6 Å². The molecule has 130 valence electrons. The highest BCUT2D eigenvalue weighted by Crippen LogP contribution is 2.66. The Kier molecular flexibility index (Phi) is 3.92. The van der Waals surface area contributed by atoms with Crippen molar-refractivity contribution in [2.24, 2.45) is 29.1 Å². The highest BCUT2D eigenvalue weighted by molar-refractivity contribution is 5.91. The molecule has 24 heavy (non-hydrogen) atoms. The molecule has 0 bridgehead atoms. The molecule has 2 nitrogen and oxygen atoms in total. The van der Waals surface area contributed by atoms with E-state index in [2.05, 4.69) is 18.8 Å². The van der Waals surface area contributed by atoms with Crippen molar-refractivity contribution < 1.29 is 9.90 Å². The van der Waals surface area contributed by atoms with Gasteiger partial charge in [0.2, 0.25) is 0 Å². The molecule has 4 aliphatic rings. The molecule has 0 aromatic heterocycles. The Morgan fingerprint density at radius 3 is 2.75 bits per heavy atom. The molecule has 3 saturated carbocycles. The summed E-state index contributed by atoms with van der Waals surface area (Å²) in [5.74, 6) is 9.29. The van der Waals surface area contributed by atoms with Crippen LogP contribution in [0.1, 0.15) is 71.6 Å². The lowest BCUT2D eigenvalue weighted by Crippen LogP contribution is -2.53. The van der Waals surface area contributed by atoms with E-state index in [-0.39, 0.29) is 5.41 Å². The van der Waals surface area contributed by atoms with Gasteiger partial charge in [0, 0.05) is 11.8 Å². The van der Waals surface area contributed by atoms with E-state index in [0.29, 0.717) is 17.6 Å². The zero-order chi connectivity index (χ0) is 16.9. The second-order valence-corrected chi connectivity index (χ2v) is 8.63. The third-order valence-corrected chi connectivity index (χ3v) is 8.11. The third-order valence-electron chi connectivity index (χ3n) is 8.11. The number of aliphatic hydroxyl groups is 1. The van der Waals surface area contributed by atoms with Gasteiger partial charge in [-0.2, -0.15) is 0 Å². The lowest BCUT2D eigenvalue weighted by molar-refractivity contribution is -0.117. The van der Waals surface area contributed by atoms with Crippen LogP contribution in [-0.4, -0.2) is 16.5 Å². The fraction of sp³-hybridized carbons (Fsp3) is 0.773. The zero-order valence-corrected chi connectivity index (χ0v) is 15.1. The fourth-order valence-electron chi connectivity index (χ4n) is 7.14. The van der Waals surface area contributed by atoms with E-state index in [1.165, 1.54) is 18.4 Å². The molecule has 0 radical (unpaired) electrons. The van der Waals surface area contributed by atoms with Crippen LogP contribution in [-0.2, 0) is 4.79 Å². The highest BCUT2D eigenvalue weighted by atomic mass is 16.3. The minimum Gasteiger partial charge on any atom is -0.377 e. The van der Waals surface area contributed by atoms with Crippen molar-refractivity contribution in [3.05, 3.63) is 11.6 Å². The normalized spacial score (nSPS) is 47.0. The average Bonchev–Trinajstić information content (AvgIpc) is 2.88. The molecule has 2 heteroatoms. The number of carbonyl (C=O) groups excluding carboxylic acids is 1. The van der Waals surface area contributed by atoms with Crippen molar-refractivity contribution in [2.75, 3.05) is 0 Å². The van der Waals surface area contributed by atoms with Crippen molar-refractivity contribution in [3.8, 4) is 11.8 Å². The van der Waals surface area contributed by atoms with Gasteiger partial charge in [-0.15, -0.1) is 5.92 Å². The van der Waals surface area contributed by atoms with Crippen LogP contribution >= 0.6 is 0 Å². The summed E-state index contributed by atoms with van der Waals surface area (Å²) < 4.78 is 0. The monoisotopic (exact) mass is 326 g/mol. The molecule has 6 unspecified atom stereocenters. The van der Waals surface area contributed by atoms with E-state index >= 15 is 0 Å². The highest BCUT2D eigenvalue weighted by Gasteiger charge is 2.63. The first kappa shape index (κ1) is 16.4. The number of rotatable bonds is 1. The molecule has 0 spiro atoms. The molecule has 0 aromatic carbocycles. The molecule has 0 aliphatic heterocycles. The molecule has 0 aromatic rings. The second kappa shape index (κ2) is 5.73. The molecule has 0 amide bonds. The number of allylic oxidation sites excluding steroid dienone is 1. The van der Waals surface area contributed by atoms with Gasteiger partial charge in [-0.3, -0.25) is 4.79 Å². The van der Waals surface area contributed by atoms with Crippen molar-refractivity contribution >= 4 is 5.78 Å². The first-order chi connectivity index (χ1) is 11.5. The van der Waals surface area contributed by atoms with Crippen LogP contribution < -0.4 is 0 Å². The van der Waals surface area contributed by atoms with Crippen molar-refractivity contribution in [1.82, 2.24) is 0 Å². The predicted molar refractivity (Wildman–Crippen MR) is 95.1 cm³/mol. The number of hydrogen-bond acceptors (Lipinski definition) is 2. The number of ketones is 1. The Morgan fingerprint density at radius 2 is 2.00 bits per heavy atom. The van der Waals surface area contributed by atoms with Crippen molar-refractivity contribution in [3.63, 3.8) is 0 Å². The van der Waals surface area contributed by atoms with E-state index in [0.717, 1.165) is 56.8 Å². The molecule has 1 N–H and O–H groups in total. The molecule has 6 atom stereocenters. The van der Waals surface area contributed by atoms with Gasteiger partial charge in [0.25, 0.3) is 0 Å². The van der Waals surface area contributed by atoms with E-state index in [1.807, 2.05) is 13.0 Å². The first-order valence-electron chi connectivity index (χ1n) is 9.94. The molecule has 0 heterocycles. The number of carbonyl (C=O) groups is 1. The summed E-state index contributed by atoms with van der Waals surface area (Å²) in [5.41, 5.74) is 0.673. The largest absolute Gasteiger partial charge is 0.377 e. The Morgan fingerprint density at radius 1 is 1.17 bits per heavy atom. The van der Waals surface area contributed by atoms with Gasteiger partial charge < -0.3 is 5.11 Å². The fourth-order valence-corrected chi connectivity index (χ4v) is 7.14. The average molecular weight is 326 g/mol. The van der Waals surface area contributed by atoms with Crippen LogP contribution in [0.2, 0.25) is 0 Å². The Bertz CT molecular complexity index is 636. The van der Waals surface area contributed by atoms with Crippen LogP contribution in [0.4, 0.5) is 0 Å². The van der Waals surface area contributed by atoms with Crippen LogP contribution in [0, 0.1) is 40.9 Å². The predicted octanol–water partition coefficient (Wildman–Crippen LogP) is 4.27. The summed E-state index contributed by atoms with van der Waals surface area (Å²) >= 11 is 0. The summed E-state index contributed by atoms with van der Waals surface area (Å²) in [5, 5.41) is 11.4. The SMILES string of the molecule is CC#CC1(O)CCC2C3CCC4=CC(=O)CCC4C3CCC21CC. The van der Waals surface area contributed by atoms with Gasteiger partial charge in [-0.05, 0) is 88.0 Å². The summed E-state index contributed by atoms with van der Waals surface area (Å²) in [4.78, 5) is 11.8. The molecule has 4 rings (SSSR count). The lowest BCUT2D eigenvalue weighted by Gasteiger charge is -2.56. The Balaban J connectivity index is 1.67. The maximum atomic E-state index is 11.8. The van der Waals surface area contributed by atoms with Gasteiger partial charge in [-0.1, -0.05) is 18.4 Å². The lowest BCUT2D eigenvalue weighted by atomic mass is 9.49. The van der Waals surface area contributed by atoms with Crippen molar-refractivity contribution in [1.29, 1.82) is 0 Å². The van der Waals surface area contributed by atoms with Crippen LogP contribution in [0.25, 0.3) is 0 Å². The molecule has 4 aliphatic carbocycles. The summed E-state index contributed by atoms with van der Waals surface area (Å²) in [6.07, 6.45) is 11.4. The van der Waals surface area contributed by atoms with E-state index in [1.54, 1.807) is 0 Å². The summed E-state index contributed by atoms with van der Waals surface area (Å²) in [7, 11) is 0. The zero-order valence-electron chi connectivity index (χ0n) is 15.1. The van der Waals surface area contributed by atoms with Gasteiger partial charge in [0.15, 0.2) is 5.78 Å². The molecule has 3 fully saturated rings. The second-order valence-electron chi connectivity index (χ2n) is 8.63. The molecular weight excluding hydrogens is 296 g/mol. The topological polar surface area (TPSA) is 37.3 Å². The van der Waals surface area contributed by atoms with Crippen LogP contribution in [0.3, 0.4) is 0 Å². The summed E-state index contributed by atoms with van der Waals surface area (Å²) in [6, 6.07) is 0. The van der Waals surface area contributed by atoms with Gasteiger partial charge >= 0.3 is 0 Å². The van der Waals surface area contributed by atoms with E-state index in [4.69, 9.17) is 0 Å². The molecular formula is C22H30O2. The summed E-state index contributed by atoms with van der Waals surface area (Å²) in [6.45, 7) is 4.12. The van der Waals surface area contributed by atoms with Crippen LogP contribution in [0.5, 0.6) is 0 Å². The molecule has 0 saturated heterocycles. The first-order valence-corrected chi connectivity index (χ1v) is 9.94. The van der Waals surface area contributed by atoms with Gasteiger partial charge in [0.1, 0.15) is 5.60 Å². The third kappa shape index (κ3) is 2.10. The minimum atomic E-state index is -0.773. The Labute approximate surface area is 146 Å². The minimum absolute atomic E-state index is 0.00286. The maximum Gasteiger partial charge on any atom is 0.155 e. The maximum absolute atomic E-state index is 11.8. The van der Waals surface area contributed by atoms with Gasteiger partial charge in [0.05, 0.1) is 0 Å². The number of fused-ring (bicyclic) bond motifs is 5. The van der Waals surface area contributed by atoms with E-state index in [9.17, 15) is 9.90 Å². The smallest absolute Gasteiger partial charge is 0.155 e. The van der Waals surface area contributed by atoms with Gasteiger partial charge in [-0.25, -0.2) is 0 Å². The quantitative estimate of drug-likeness (QED) is 0.731. The Hall–Kier alpha value is -1.07. The standard InChI is InChI=1S/C22H30O2/c1-3-11-22(24)13-10-20-19-7-5-15-14-16(23)6-8-17(15)18(19)9-12-21(20,22)4-2/h14,17-20,24H,4-10,12-13H2,1-2H3. The van der Waals surface area contributed by atoms with Crippen molar-refractivity contribution in [2.45, 2.75) is 77.2 Å².